The number of fused-ring (bicyclic) bond motifs is 1. The first-order valence-corrected chi connectivity index (χ1v) is 4.80. The lowest BCUT2D eigenvalue weighted by Gasteiger charge is -2.04. The molecule has 0 aliphatic carbocycles. The fourth-order valence-electron chi connectivity index (χ4n) is 1.35. The van der Waals surface area contributed by atoms with E-state index >= 15 is 0 Å². The molecule has 0 unspecified atom stereocenters. The molecule has 14 heavy (non-hydrogen) atoms. The minimum absolute atomic E-state index is 0.0704. The molecule has 72 valence electrons. The van der Waals surface area contributed by atoms with Gasteiger partial charge in [0.05, 0.1) is 5.69 Å². The lowest BCUT2D eigenvalue weighted by Crippen LogP contribution is -2.30. The van der Waals surface area contributed by atoms with Gasteiger partial charge in [0, 0.05) is 15.5 Å². The zero-order valence-electron chi connectivity index (χ0n) is 7.07. The van der Waals surface area contributed by atoms with Crippen LogP contribution >= 0.6 is 11.3 Å². The van der Waals surface area contributed by atoms with Gasteiger partial charge < -0.3 is 15.8 Å². The molecule has 0 radical (unpaired) electrons. The monoisotopic (exact) mass is 211 g/mol. The number of hydrogen-bond donors (Lipinski definition) is 3. The number of hydrogen-bond acceptors (Lipinski definition) is 4. The molecule has 0 saturated carbocycles. The van der Waals surface area contributed by atoms with E-state index in [0.29, 0.717) is 10.1 Å². The number of anilines is 1. The summed E-state index contributed by atoms with van der Waals surface area (Å²) < 4.78 is 13.9. The van der Waals surface area contributed by atoms with Crippen LogP contribution in [-0.2, 0) is 0 Å². The molecule has 0 saturated heterocycles. The van der Waals surface area contributed by atoms with Gasteiger partial charge in [-0.2, -0.15) is 0 Å². The van der Waals surface area contributed by atoms with Crippen molar-refractivity contribution in [1.29, 1.82) is 0 Å². The molecule has 4 N–H and O–H groups in total. The van der Waals surface area contributed by atoms with Crippen molar-refractivity contribution < 1.29 is 14.4 Å². The Bertz CT molecular complexity index is 485. The summed E-state index contributed by atoms with van der Waals surface area (Å²) in [6.45, 7) is 0. The third-order valence-corrected chi connectivity index (χ3v) is 2.97. The van der Waals surface area contributed by atoms with Crippen molar-refractivity contribution in [2.24, 2.45) is 0 Å². The summed E-state index contributed by atoms with van der Waals surface area (Å²) >= 11 is 1.25. The molecule has 2 aromatic rings. The van der Waals surface area contributed by atoms with E-state index < -0.39 is 12.9 Å². The van der Waals surface area contributed by atoms with E-state index in [9.17, 15) is 4.39 Å². The van der Waals surface area contributed by atoms with Gasteiger partial charge >= 0.3 is 7.12 Å². The SMILES string of the molecule is Nc1cc(B(O)O)c2sccc2c1F. The largest absolute Gasteiger partial charge is 0.489 e. The summed E-state index contributed by atoms with van der Waals surface area (Å²) in [4.78, 5) is 0. The standard InChI is InChI=1S/C8H7BFNO2S/c10-7-4-1-2-14-8(4)5(9(12)13)3-6(7)11/h1-3,12-13H,11H2. The third kappa shape index (κ3) is 1.28. The molecular formula is C8H7BFNO2S. The van der Waals surface area contributed by atoms with Crippen LogP contribution in [0.15, 0.2) is 17.5 Å². The van der Waals surface area contributed by atoms with Gasteiger partial charge in [0.15, 0.2) is 5.82 Å². The van der Waals surface area contributed by atoms with Gasteiger partial charge in [-0.05, 0) is 17.5 Å². The second kappa shape index (κ2) is 3.23. The zero-order chi connectivity index (χ0) is 10.3. The highest BCUT2D eigenvalue weighted by molar-refractivity contribution is 7.18. The van der Waals surface area contributed by atoms with Crippen LogP contribution in [0.1, 0.15) is 0 Å². The van der Waals surface area contributed by atoms with E-state index in [1.54, 1.807) is 11.4 Å². The van der Waals surface area contributed by atoms with E-state index in [4.69, 9.17) is 15.8 Å². The summed E-state index contributed by atoms with van der Waals surface area (Å²) in [7, 11) is -1.63. The van der Waals surface area contributed by atoms with Crippen LogP contribution in [0, 0.1) is 5.82 Å². The van der Waals surface area contributed by atoms with Crippen molar-refractivity contribution in [1.82, 2.24) is 0 Å². The van der Waals surface area contributed by atoms with Crippen molar-refractivity contribution in [3.8, 4) is 0 Å². The van der Waals surface area contributed by atoms with Gasteiger partial charge in [0.1, 0.15) is 0 Å². The fourth-order valence-corrected chi connectivity index (χ4v) is 2.27. The van der Waals surface area contributed by atoms with Crippen molar-refractivity contribution in [3.05, 3.63) is 23.3 Å². The Hall–Kier alpha value is -1.11. The zero-order valence-corrected chi connectivity index (χ0v) is 7.88. The maximum absolute atomic E-state index is 13.4. The first kappa shape index (κ1) is 9.45. The smallest absolute Gasteiger partial charge is 0.423 e. The number of benzene rings is 1. The maximum atomic E-state index is 13.4. The van der Waals surface area contributed by atoms with Gasteiger partial charge in [-0.3, -0.25) is 0 Å². The van der Waals surface area contributed by atoms with E-state index in [-0.39, 0.29) is 11.2 Å². The predicted molar refractivity (Wildman–Crippen MR) is 56.0 cm³/mol. The molecule has 1 heterocycles. The summed E-state index contributed by atoms with van der Waals surface area (Å²) in [6, 6.07) is 2.82. The molecule has 0 fully saturated rings. The predicted octanol–water partition coefficient (Wildman–Crippen LogP) is 0.302. The van der Waals surface area contributed by atoms with Crippen LogP contribution in [0.4, 0.5) is 10.1 Å². The second-order valence-electron chi connectivity index (χ2n) is 2.91. The van der Waals surface area contributed by atoms with Crippen LogP contribution in [-0.4, -0.2) is 17.2 Å². The number of nitrogen functional groups attached to an aromatic ring is 1. The lowest BCUT2D eigenvalue weighted by molar-refractivity contribution is 0.426. The maximum Gasteiger partial charge on any atom is 0.489 e. The fraction of sp³-hybridized carbons (Fsp3) is 0. The molecule has 6 heteroatoms. The lowest BCUT2D eigenvalue weighted by atomic mass is 9.79. The Balaban J connectivity index is 2.84. The second-order valence-corrected chi connectivity index (χ2v) is 3.82. The average Bonchev–Trinajstić information content (AvgIpc) is 2.59. The molecular weight excluding hydrogens is 204 g/mol. The first-order valence-electron chi connectivity index (χ1n) is 3.92. The highest BCUT2D eigenvalue weighted by Gasteiger charge is 2.19. The van der Waals surface area contributed by atoms with Crippen LogP contribution in [0.25, 0.3) is 10.1 Å². The minimum atomic E-state index is -1.63. The summed E-state index contributed by atoms with van der Waals surface area (Å²) in [6.07, 6.45) is 0. The van der Waals surface area contributed by atoms with Crippen LogP contribution < -0.4 is 11.2 Å². The summed E-state index contributed by atoms with van der Waals surface area (Å²) in [5, 5.41) is 20.1. The van der Waals surface area contributed by atoms with Crippen molar-refractivity contribution in [3.63, 3.8) is 0 Å². The Morgan fingerprint density at radius 3 is 2.79 bits per heavy atom. The van der Waals surface area contributed by atoms with E-state index in [0.717, 1.165) is 0 Å². The van der Waals surface area contributed by atoms with Gasteiger partial charge in [-0.15, -0.1) is 11.3 Å². The molecule has 1 aromatic carbocycles. The van der Waals surface area contributed by atoms with E-state index in [1.807, 2.05) is 0 Å². The molecule has 0 atom stereocenters. The highest BCUT2D eigenvalue weighted by atomic mass is 32.1. The van der Waals surface area contributed by atoms with E-state index in [2.05, 4.69) is 0 Å². The van der Waals surface area contributed by atoms with Crippen molar-refractivity contribution in [2.45, 2.75) is 0 Å². The van der Waals surface area contributed by atoms with Gasteiger partial charge in [-0.1, -0.05) is 0 Å². The van der Waals surface area contributed by atoms with Crippen LogP contribution in [0.3, 0.4) is 0 Å². The highest BCUT2D eigenvalue weighted by Crippen LogP contribution is 2.25. The Labute approximate surface area is 83.7 Å². The molecule has 0 aliphatic rings. The molecule has 1 aromatic heterocycles. The number of thiophene rings is 1. The quantitative estimate of drug-likeness (QED) is 0.469. The van der Waals surface area contributed by atoms with Gasteiger partial charge in [0.2, 0.25) is 0 Å². The minimum Gasteiger partial charge on any atom is -0.423 e. The normalized spacial score (nSPS) is 10.8. The number of nitrogens with two attached hydrogens (primary N) is 1. The molecule has 0 bridgehead atoms. The van der Waals surface area contributed by atoms with Gasteiger partial charge in [-0.25, -0.2) is 4.39 Å². The molecule has 0 amide bonds. The Kier molecular flexibility index (Phi) is 2.18. The first-order chi connectivity index (χ1) is 6.61. The Morgan fingerprint density at radius 1 is 1.43 bits per heavy atom. The molecule has 2 rings (SSSR count). The van der Waals surface area contributed by atoms with Crippen molar-refractivity contribution >= 4 is 39.7 Å². The average molecular weight is 211 g/mol. The van der Waals surface area contributed by atoms with Gasteiger partial charge in [0.25, 0.3) is 0 Å². The molecule has 0 spiro atoms. The number of rotatable bonds is 1. The molecule has 0 aliphatic heterocycles. The number of halogens is 1. The van der Waals surface area contributed by atoms with Crippen LogP contribution in [0.5, 0.6) is 0 Å². The third-order valence-electron chi connectivity index (χ3n) is 2.01. The topological polar surface area (TPSA) is 66.5 Å². The summed E-state index contributed by atoms with van der Waals surface area (Å²) in [5.41, 5.74) is 5.57. The Morgan fingerprint density at radius 2 is 2.14 bits per heavy atom. The summed E-state index contributed by atoms with van der Waals surface area (Å²) in [5.74, 6) is -0.509. The molecule has 3 nitrogen and oxygen atoms in total. The van der Waals surface area contributed by atoms with Crippen LogP contribution in [0.2, 0.25) is 0 Å². The van der Waals surface area contributed by atoms with Crippen molar-refractivity contribution in [2.75, 3.05) is 5.73 Å². The van der Waals surface area contributed by atoms with E-state index in [1.165, 1.54) is 17.4 Å².